The van der Waals surface area contributed by atoms with Crippen molar-refractivity contribution in [2.45, 2.75) is 46.3 Å². The second-order valence-corrected chi connectivity index (χ2v) is 7.69. The van der Waals surface area contributed by atoms with Crippen molar-refractivity contribution in [3.8, 4) is 5.75 Å². The summed E-state index contributed by atoms with van der Waals surface area (Å²) in [6.07, 6.45) is 6.18. The third-order valence-electron chi connectivity index (χ3n) is 5.16. The highest BCUT2D eigenvalue weighted by atomic mass is 79.9. The minimum Gasteiger partial charge on any atom is -1.00 e. The number of benzene rings is 1. The van der Waals surface area contributed by atoms with Crippen molar-refractivity contribution in [2.24, 2.45) is 0 Å². The summed E-state index contributed by atoms with van der Waals surface area (Å²) in [4.78, 5) is 12.0. The third kappa shape index (κ3) is 3.57. The number of aryl methyl sites for hydroxylation is 3. The van der Waals surface area contributed by atoms with Gasteiger partial charge in [0.25, 0.3) is 0 Å². The zero-order valence-electron chi connectivity index (χ0n) is 15.5. The molecule has 0 aliphatic carbocycles. The van der Waals surface area contributed by atoms with Crippen molar-refractivity contribution < 1.29 is 30.7 Å². The Bertz CT molecular complexity index is 1060. The highest BCUT2D eigenvalue weighted by Crippen LogP contribution is 2.39. The Balaban J connectivity index is 0.00000210. The molecule has 3 aromatic rings. The first-order valence-corrected chi connectivity index (χ1v) is 9.67. The van der Waals surface area contributed by atoms with E-state index < -0.39 is 0 Å². The van der Waals surface area contributed by atoms with Gasteiger partial charge in [-0.1, -0.05) is 6.92 Å². The Kier molecular flexibility index (Phi) is 5.77. The molecule has 0 spiro atoms. The lowest BCUT2D eigenvalue weighted by molar-refractivity contribution is -0.702. The number of ether oxygens (including phenoxy) is 1. The average Bonchev–Trinajstić information content (AvgIpc) is 3.05. The van der Waals surface area contributed by atoms with Crippen LogP contribution in [-0.2, 0) is 19.4 Å². The van der Waals surface area contributed by atoms with Crippen molar-refractivity contribution in [1.82, 2.24) is 0 Å². The monoisotopic (exact) mass is 493 g/mol. The molecule has 27 heavy (non-hydrogen) atoms. The molecule has 0 radical (unpaired) electrons. The molecule has 0 N–H and O–H groups in total. The van der Waals surface area contributed by atoms with Crippen LogP contribution in [0.15, 0.2) is 44.3 Å². The SMILES string of the molecule is CCc1cc[n+](CC2Cc3cc4c(C)c(Br)c(=O)oc4c(C)c3O2)cc1.[Br-]. The van der Waals surface area contributed by atoms with Gasteiger partial charge in [0.1, 0.15) is 15.8 Å². The molecule has 0 saturated carbocycles. The zero-order chi connectivity index (χ0) is 18.4. The highest BCUT2D eigenvalue weighted by molar-refractivity contribution is 9.10. The van der Waals surface area contributed by atoms with Gasteiger partial charge in [-0.05, 0) is 59.0 Å². The molecule has 1 aromatic carbocycles. The first-order valence-electron chi connectivity index (χ1n) is 8.88. The summed E-state index contributed by atoms with van der Waals surface area (Å²) in [7, 11) is 0. The van der Waals surface area contributed by atoms with E-state index in [4.69, 9.17) is 9.15 Å². The number of hydrogen-bond donors (Lipinski definition) is 0. The van der Waals surface area contributed by atoms with Crippen molar-refractivity contribution in [2.75, 3.05) is 0 Å². The van der Waals surface area contributed by atoms with Crippen LogP contribution in [0.5, 0.6) is 5.75 Å². The molecule has 4 rings (SSSR count). The van der Waals surface area contributed by atoms with Crippen LogP contribution >= 0.6 is 15.9 Å². The lowest BCUT2D eigenvalue weighted by Gasteiger charge is -2.11. The normalized spacial score (nSPS) is 15.3. The third-order valence-corrected chi connectivity index (χ3v) is 6.08. The average molecular weight is 495 g/mol. The van der Waals surface area contributed by atoms with Crippen molar-refractivity contribution in [3.63, 3.8) is 0 Å². The minimum absolute atomic E-state index is 0. The first kappa shape index (κ1) is 20.1. The molecule has 0 fully saturated rings. The number of nitrogens with zero attached hydrogens (tertiary/aromatic N) is 1. The smallest absolute Gasteiger partial charge is 0.350 e. The molecule has 1 atom stereocenters. The largest absolute Gasteiger partial charge is 1.00 e. The standard InChI is InChI=1S/C21H21BrNO3.BrH/c1-4-14-5-7-23(8-6-14)11-16-9-15-10-17-12(2)18(22)21(24)26-20(17)13(3)19(15)25-16;/h5-8,10,16H,4,9,11H2,1-3H3;1H/q+1;/p-1. The summed E-state index contributed by atoms with van der Waals surface area (Å²) in [6.45, 7) is 6.85. The molecule has 0 amide bonds. The van der Waals surface area contributed by atoms with Crippen LogP contribution < -0.4 is 31.9 Å². The van der Waals surface area contributed by atoms with Gasteiger partial charge in [-0.15, -0.1) is 0 Å². The Morgan fingerprint density at radius 3 is 2.59 bits per heavy atom. The van der Waals surface area contributed by atoms with Gasteiger partial charge < -0.3 is 26.1 Å². The predicted octanol–water partition coefficient (Wildman–Crippen LogP) is 1.03. The highest BCUT2D eigenvalue weighted by Gasteiger charge is 2.30. The second-order valence-electron chi connectivity index (χ2n) is 6.90. The molecule has 142 valence electrons. The summed E-state index contributed by atoms with van der Waals surface area (Å²) >= 11 is 3.33. The lowest BCUT2D eigenvalue weighted by atomic mass is 10.0. The fourth-order valence-corrected chi connectivity index (χ4v) is 3.92. The number of halogens is 2. The van der Waals surface area contributed by atoms with E-state index >= 15 is 0 Å². The van der Waals surface area contributed by atoms with Gasteiger partial charge in [0.15, 0.2) is 25.0 Å². The molecule has 1 unspecified atom stereocenters. The van der Waals surface area contributed by atoms with Gasteiger partial charge in [0, 0.05) is 29.5 Å². The van der Waals surface area contributed by atoms with Crippen LogP contribution in [0.1, 0.15) is 29.2 Å². The topological polar surface area (TPSA) is 43.3 Å². The van der Waals surface area contributed by atoms with E-state index in [1.807, 2.05) is 13.8 Å². The predicted molar refractivity (Wildman–Crippen MR) is 104 cm³/mol. The van der Waals surface area contributed by atoms with Crippen LogP contribution in [0, 0.1) is 13.8 Å². The number of pyridine rings is 1. The molecule has 2 aromatic heterocycles. The molecule has 1 aliphatic heterocycles. The van der Waals surface area contributed by atoms with Gasteiger partial charge in [0.05, 0.1) is 0 Å². The maximum absolute atomic E-state index is 12.0. The number of rotatable bonds is 3. The fraction of sp³-hybridized carbons (Fsp3) is 0.333. The van der Waals surface area contributed by atoms with Gasteiger partial charge in [-0.3, -0.25) is 0 Å². The Hall–Kier alpha value is -1.66. The lowest BCUT2D eigenvalue weighted by Crippen LogP contribution is -3.00. The summed E-state index contributed by atoms with van der Waals surface area (Å²) in [5.74, 6) is 0.859. The Labute approximate surface area is 177 Å². The van der Waals surface area contributed by atoms with Crippen LogP contribution in [-0.4, -0.2) is 6.10 Å². The molecular formula is C21H21Br2NO3. The minimum atomic E-state index is -0.348. The Morgan fingerprint density at radius 1 is 1.22 bits per heavy atom. The van der Waals surface area contributed by atoms with Crippen molar-refractivity contribution >= 4 is 26.9 Å². The van der Waals surface area contributed by atoms with Crippen LogP contribution in [0.2, 0.25) is 0 Å². The molecular weight excluding hydrogens is 474 g/mol. The quantitative estimate of drug-likeness (QED) is 0.403. The summed E-state index contributed by atoms with van der Waals surface area (Å²) in [5, 5.41) is 0.969. The molecule has 1 aliphatic rings. The molecule has 4 nitrogen and oxygen atoms in total. The van der Waals surface area contributed by atoms with E-state index in [9.17, 15) is 4.79 Å². The maximum Gasteiger partial charge on any atom is 0.350 e. The second kappa shape index (κ2) is 7.76. The number of hydrogen-bond acceptors (Lipinski definition) is 3. The molecule has 3 heterocycles. The zero-order valence-corrected chi connectivity index (χ0v) is 18.7. The van der Waals surface area contributed by atoms with Gasteiger partial charge >= 0.3 is 5.63 Å². The van der Waals surface area contributed by atoms with Gasteiger partial charge in [-0.2, -0.15) is 0 Å². The van der Waals surface area contributed by atoms with E-state index in [0.29, 0.717) is 10.1 Å². The maximum atomic E-state index is 12.0. The fourth-order valence-electron chi connectivity index (χ4n) is 3.62. The van der Waals surface area contributed by atoms with E-state index in [1.54, 1.807) is 0 Å². The van der Waals surface area contributed by atoms with Gasteiger partial charge in [0.2, 0.25) is 0 Å². The summed E-state index contributed by atoms with van der Waals surface area (Å²) in [5.41, 5.74) is 4.59. The van der Waals surface area contributed by atoms with E-state index in [1.165, 1.54) is 11.1 Å². The molecule has 0 bridgehead atoms. The van der Waals surface area contributed by atoms with E-state index in [0.717, 1.165) is 41.6 Å². The van der Waals surface area contributed by atoms with E-state index in [2.05, 4.69) is 58.0 Å². The van der Waals surface area contributed by atoms with Crippen LogP contribution in [0.25, 0.3) is 11.0 Å². The van der Waals surface area contributed by atoms with Crippen LogP contribution in [0.3, 0.4) is 0 Å². The summed E-state index contributed by atoms with van der Waals surface area (Å²) in [6, 6.07) is 6.40. The number of fused-ring (bicyclic) bond motifs is 2. The van der Waals surface area contributed by atoms with Crippen LogP contribution in [0.4, 0.5) is 0 Å². The van der Waals surface area contributed by atoms with Gasteiger partial charge in [-0.25, -0.2) is 9.36 Å². The van der Waals surface area contributed by atoms with Crippen molar-refractivity contribution in [1.29, 1.82) is 0 Å². The first-order chi connectivity index (χ1) is 12.5. The van der Waals surface area contributed by atoms with Crippen molar-refractivity contribution in [3.05, 3.63) is 67.7 Å². The number of aromatic nitrogens is 1. The molecule has 0 saturated heterocycles. The van der Waals surface area contributed by atoms with E-state index in [-0.39, 0.29) is 28.7 Å². The Morgan fingerprint density at radius 2 is 1.93 bits per heavy atom. The summed E-state index contributed by atoms with van der Waals surface area (Å²) < 4.78 is 14.4. The molecule has 6 heteroatoms.